The van der Waals surface area contributed by atoms with Crippen LogP contribution in [0.1, 0.15) is 25.1 Å². The summed E-state index contributed by atoms with van der Waals surface area (Å²) in [5.41, 5.74) is 1.71. The zero-order valence-corrected chi connectivity index (χ0v) is 10.6. The summed E-state index contributed by atoms with van der Waals surface area (Å²) in [7, 11) is -3.41. The Morgan fingerprint density at radius 1 is 1.44 bits per heavy atom. The van der Waals surface area contributed by atoms with Gasteiger partial charge in [-0.05, 0) is 12.8 Å². The van der Waals surface area contributed by atoms with Crippen LogP contribution in [0.4, 0.5) is 0 Å². The van der Waals surface area contributed by atoms with Crippen molar-refractivity contribution in [1.29, 1.82) is 0 Å². The first kappa shape index (κ1) is 13.1. The number of aryl methyl sites for hydroxylation is 1. The first-order chi connectivity index (χ1) is 7.41. The Hall–Kier alpha value is -0.920. The molecule has 0 atom stereocenters. The van der Waals surface area contributed by atoms with Crippen LogP contribution in [0.25, 0.3) is 0 Å². The number of rotatable bonds is 6. The Labute approximate surface area is 96.0 Å². The number of aromatic amines is 1. The van der Waals surface area contributed by atoms with Crippen molar-refractivity contribution in [2.24, 2.45) is 5.92 Å². The van der Waals surface area contributed by atoms with Crippen molar-refractivity contribution in [1.82, 2.24) is 19.6 Å². The van der Waals surface area contributed by atoms with E-state index in [1.54, 1.807) is 6.20 Å². The number of hydrogen-bond donors (Lipinski definition) is 3. The van der Waals surface area contributed by atoms with Gasteiger partial charge in [-0.2, -0.15) is 18.2 Å². The van der Waals surface area contributed by atoms with Crippen molar-refractivity contribution in [2.75, 3.05) is 6.54 Å². The molecule has 16 heavy (non-hydrogen) atoms. The van der Waals surface area contributed by atoms with Crippen LogP contribution < -0.4 is 9.44 Å². The second kappa shape index (κ2) is 5.42. The molecular weight excluding hydrogens is 228 g/mol. The molecule has 0 fully saturated rings. The third kappa shape index (κ3) is 4.30. The molecule has 0 spiro atoms. The van der Waals surface area contributed by atoms with Crippen LogP contribution in [-0.4, -0.2) is 25.2 Å². The minimum Gasteiger partial charge on any atom is -0.283 e. The monoisotopic (exact) mass is 246 g/mol. The van der Waals surface area contributed by atoms with Crippen molar-refractivity contribution in [3.63, 3.8) is 0 Å². The van der Waals surface area contributed by atoms with Crippen LogP contribution in [0.15, 0.2) is 6.20 Å². The summed E-state index contributed by atoms with van der Waals surface area (Å²) in [6.07, 6.45) is 1.61. The summed E-state index contributed by atoms with van der Waals surface area (Å²) in [5.74, 6) is 0.284. The van der Waals surface area contributed by atoms with Gasteiger partial charge in [0.25, 0.3) is 10.2 Å². The Morgan fingerprint density at radius 2 is 2.12 bits per heavy atom. The van der Waals surface area contributed by atoms with Gasteiger partial charge in [0.1, 0.15) is 0 Å². The van der Waals surface area contributed by atoms with Gasteiger partial charge in [-0.25, -0.2) is 4.72 Å². The smallest absolute Gasteiger partial charge is 0.277 e. The largest absolute Gasteiger partial charge is 0.283 e. The first-order valence-electron chi connectivity index (χ1n) is 5.14. The molecule has 0 radical (unpaired) electrons. The minimum atomic E-state index is -3.41. The maximum Gasteiger partial charge on any atom is 0.277 e. The van der Waals surface area contributed by atoms with E-state index in [1.807, 2.05) is 20.8 Å². The summed E-state index contributed by atoms with van der Waals surface area (Å²) in [4.78, 5) is 0. The molecule has 0 saturated carbocycles. The van der Waals surface area contributed by atoms with Crippen molar-refractivity contribution >= 4 is 10.2 Å². The van der Waals surface area contributed by atoms with Crippen molar-refractivity contribution in [2.45, 2.75) is 27.3 Å². The zero-order chi connectivity index (χ0) is 12.2. The number of aromatic nitrogens is 2. The van der Waals surface area contributed by atoms with E-state index in [2.05, 4.69) is 19.6 Å². The standard InChI is InChI=1S/C9H18N4O2S/c1-7(2)4-11-16(14,15)12-6-9-5-10-13-8(9)3/h5,7,11-12H,4,6H2,1-3H3,(H,10,13). The normalized spacial score (nSPS) is 12.2. The maximum absolute atomic E-state index is 11.5. The Balaban J connectivity index is 2.45. The Bertz CT molecular complexity index is 424. The Morgan fingerprint density at radius 3 is 2.62 bits per heavy atom. The Kier molecular flexibility index (Phi) is 4.45. The maximum atomic E-state index is 11.5. The number of H-pyrrole nitrogens is 1. The van der Waals surface area contributed by atoms with E-state index in [9.17, 15) is 8.42 Å². The van der Waals surface area contributed by atoms with Crippen LogP contribution in [0.3, 0.4) is 0 Å². The predicted octanol–water partition coefficient (Wildman–Crippen LogP) is 0.298. The predicted molar refractivity (Wildman–Crippen MR) is 61.9 cm³/mol. The van der Waals surface area contributed by atoms with Crippen LogP contribution in [0.2, 0.25) is 0 Å². The van der Waals surface area contributed by atoms with Gasteiger partial charge in [0.05, 0.1) is 6.20 Å². The van der Waals surface area contributed by atoms with E-state index < -0.39 is 10.2 Å². The molecule has 1 heterocycles. The molecule has 92 valence electrons. The van der Waals surface area contributed by atoms with Crippen LogP contribution >= 0.6 is 0 Å². The lowest BCUT2D eigenvalue weighted by molar-refractivity contribution is 0.547. The van der Waals surface area contributed by atoms with E-state index in [1.165, 1.54) is 0 Å². The van der Waals surface area contributed by atoms with E-state index >= 15 is 0 Å². The molecule has 0 aliphatic carbocycles. The highest BCUT2D eigenvalue weighted by atomic mass is 32.2. The molecule has 0 bridgehead atoms. The third-order valence-electron chi connectivity index (χ3n) is 2.07. The van der Waals surface area contributed by atoms with Gasteiger partial charge in [0, 0.05) is 24.3 Å². The van der Waals surface area contributed by atoms with E-state index in [-0.39, 0.29) is 12.5 Å². The lowest BCUT2D eigenvalue weighted by Crippen LogP contribution is -2.38. The van der Waals surface area contributed by atoms with E-state index in [0.717, 1.165) is 11.3 Å². The SMILES string of the molecule is Cc1[nH]ncc1CNS(=O)(=O)NCC(C)C. The van der Waals surface area contributed by atoms with E-state index in [4.69, 9.17) is 0 Å². The first-order valence-corrected chi connectivity index (χ1v) is 6.62. The zero-order valence-electron chi connectivity index (χ0n) is 9.74. The van der Waals surface area contributed by atoms with Crippen molar-refractivity contribution in [3.05, 3.63) is 17.5 Å². The van der Waals surface area contributed by atoms with Gasteiger partial charge in [-0.3, -0.25) is 5.10 Å². The highest BCUT2D eigenvalue weighted by molar-refractivity contribution is 7.87. The molecule has 0 saturated heterocycles. The number of nitrogens with zero attached hydrogens (tertiary/aromatic N) is 1. The quantitative estimate of drug-likeness (QED) is 0.674. The molecule has 3 N–H and O–H groups in total. The molecule has 1 aromatic rings. The molecule has 1 rings (SSSR count). The number of hydrogen-bond acceptors (Lipinski definition) is 3. The lowest BCUT2D eigenvalue weighted by Gasteiger charge is -2.09. The van der Waals surface area contributed by atoms with Crippen LogP contribution in [-0.2, 0) is 16.8 Å². The van der Waals surface area contributed by atoms with Gasteiger partial charge in [0.2, 0.25) is 0 Å². The highest BCUT2D eigenvalue weighted by Gasteiger charge is 2.10. The molecule has 0 amide bonds. The molecule has 0 aliphatic rings. The minimum absolute atomic E-state index is 0.246. The van der Waals surface area contributed by atoms with Gasteiger partial charge < -0.3 is 0 Å². The average Bonchev–Trinajstić information content (AvgIpc) is 2.59. The summed E-state index contributed by atoms with van der Waals surface area (Å²) < 4.78 is 27.9. The highest BCUT2D eigenvalue weighted by Crippen LogP contribution is 2.01. The van der Waals surface area contributed by atoms with Gasteiger partial charge in [-0.1, -0.05) is 13.8 Å². The van der Waals surface area contributed by atoms with Gasteiger partial charge in [-0.15, -0.1) is 0 Å². The molecule has 0 unspecified atom stereocenters. The van der Waals surface area contributed by atoms with Crippen LogP contribution in [0, 0.1) is 12.8 Å². The second-order valence-corrected chi connectivity index (χ2v) is 5.67. The van der Waals surface area contributed by atoms with E-state index in [0.29, 0.717) is 6.54 Å². The molecule has 6 nitrogen and oxygen atoms in total. The fourth-order valence-electron chi connectivity index (χ4n) is 1.05. The fourth-order valence-corrected chi connectivity index (χ4v) is 2.05. The summed E-state index contributed by atoms with van der Waals surface area (Å²) in [6, 6.07) is 0. The topological polar surface area (TPSA) is 86.9 Å². The van der Waals surface area contributed by atoms with Crippen molar-refractivity contribution < 1.29 is 8.42 Å². The summed E-state index contributed by atoms with van der Waals surface area (Å²) >= 11 is 0. The molecule has 0 aromatic carbocycles. The summed E-state index contributed by atoms with van der Waals surface area (Å²) in [6.45, 7) is 6.42. The average molecular weight is 246 g/mol. The molecule has 0 aliphatic heterocycles. The second-order valence-electron chi connectivity index (χ2n) is 4.09. The fraction of sp³-hybridized carbons (Fsp3) is 0.667. The van der Waals surface area contributed by atoms with Gasteiger partial charge >= 0.3 is 0 Å². The molecule has 1 aromatic heterocycles. The van der Waals surface area contributed by atoms with Crippen LogP contribution in [0.5, 0.6) is 0 Å². The number of nitrogens with one attached hydrogen (secondary N) is 3. The third-order valence-corrected chi connectivity index (χ3v) is 3.14. The summed E-state index contributed by atoms with van der Waals surface area (Å²) in [5, 5.41) is 6.57. The molecule has 7 heteroatoms. The lowest BCUT2D eigenvalue weighted by atomic mass is 10.2. The van der Waals surface area contributed by atoms with Crippen molar-refractivity contribution in [3.8, 4) is 0 Å². The molecular formula is C9H18N4O2S. The van der Waals surface area contributed by atoms with Gasteiger partial charge in [0.15, 0.2) is 0 Å².